The average Bonchev–Trinajstić information content (AvgIpc) is 2.26. The summed E-state index contributed by atoms with van der Waals surface area (Å²) in [4.78, 5) is 11.0. The molecule has 0 aliphatic carbocycles. The van der Waals surface area contributed by atoms with Gasteiger partial charge in [-0.05, 0) is 12.7 Å². The van der Waals surface area contributed by atoms with E-state index in [0.29, 0.717) is 6.04 Å². The lowest BCUT2D eigenvalue weighted by Crippen LogP contribution is -2.57. The molecule has 1 saturated heterocycles. The minimum atomic E-state index is 0.601. The molecular weight excluding hydrogens is 220 g/mol. The quantitative estimate of drug-likeness (QED) is 0.620. The van der Waals surface area contributed by atoms with Crippen LogP contribution in [0.1, 0.15) is 13.3 Å². The number of hydrogen-bond donors (Lipinski definition) is 1. The number of anilines is 1. The second-order valence-corrected chi connectivity index (χ2v) is 4.75. The standard InChI is InChI=1S/C11H18N4S/c1-3-4-15(9-6-12-7-9)10-5-11(16-2)14-8-13-10/h5,8-9,12H,3-4,6-7H2,1-2H3. The van der Waals surface area contributed by atoms with Gasteiger partial charge in [0.1, 0.15) is 17.2 Å². The summed E-state index contributed by atoms with van der Waals surface area (Å²) in [5.74, 6) is 1.06. The van der Waals surface area contributed by atoms with Crippen molar-refractivity contribution in [2.75, 3.05) is 30.8 Å². The Bertz CT molecular complexity index is 341. The molecular formula is C11H18N4S. The van der Waals surface area contributed by atoms with E-state index in [1.54, 1.807) is 18.1 Å². The van der Waals surface area contributed by atoms with Crippen LogP contribution in [-0.2, 0) is 0 Å². The molecule has 1 aliphatic rings. The molecule has 88 valence electrons. The molecule has 0 unspecified atom stereocenters. The monoisotopic (exact) mass is 238 g/mol. The third-order valence-electron chi connectivity index (χ3n) is 2.80. The Morgan fingerprint density at radius 3 is 2.88 bits per heavy atom. The molecule has 1 N–H and O–H groups in total. The van der Waals surface area contributed by atoms with Gasteiger partial charge in [-0.1, -0.05) is 6.92 Å². The minimum absolute atomic E-state index is 0.601. The smallest absolute Gasteiger partial charge is 0.133 e. The lowest BCUT2D eigenvalue weighted by molar-refractivity contribution is 0.410. The van der Waals surface area contributed by atoms with E-state index in [1.807, 2.05) is 6.26 Å². The predicted octanol–water partition coefficient (Wildman–Crippen LogP) is 1.39. The van der Waals surface area contributed by atoms with E-state index in [2.05, 4.69) is 33.2 Å². The van der Waals surface area contributed by atoms with Gasteiger partial charge in [-0.15, -0.1) is 11.8 Å². The van der Waals surface area contributed by atoms with E-state index in [-0.39, 0.29) is 0 Å². The van der Waals surface area contributed by atoms with E-state index in [4.69, 9.17) is 0 Å². The first-order valence-corrected chi connectivity index (χ1v) is 6.91. The van der Waals surface area contributed by atoms with Crippen LogP contribution in [0.4, 0.5) is 5.82 Å². The van der Waals surface area contributed by atoms with Crippen molar-refractivity contribution >= 4 is 17.6 Å². The second kappa shape index (κ2) is 5.50. The van der Waals surface area contributed by atoms with Crippen LogP contribution >= 0.6 is 11.8 Å². The SMILES string of the molecule is CCCN(c1cc(SC)ncn1)C1CNC1. The van der Waals surface area contributed by atoms with Crippen LogP contribution in [-0.4, -0.2) is 41.9 Å². The van der Waals surface area contributed by atoms with E-state index in [9.17, 15) is 0 Å². The molecule has 16 heavy (non-hydrogen) atoms. The van der Waals surface area contributed by atoms with E-state index >= 15 is 0 Å². The van der Waals surface area contributed by atoms with Crippen molar-refractivity contribution in [1.82, 2.24) is 15.3 Å². The number of nitrogens with one attached hydrogen (secondary N) is 1. The molecule has 1 fully saturated rings. The molecule has 5 heteroatoms. The first kappa shape index (κ1) is 11.7. The third kappa shape index (κ3) is 2.47. The highest BCUT2D eigenvalue weighted by molar-refractivity contribution is 7.98. The highest BCUT2D eigenvalue weighted by Crippen LogP contribution is 2.20. The van der Waals surface area contributed by atoms with Gasteiger partial charge in [0, 0.05) is 25.7 Å². The van der Waals surface area contributed by atoms with Gasteiger partial charge >= 0.3 is 0 Å². The Balaban J connectivity index is 2.16. The highest BCUT2D eigenvalue weighted by Gasteiger charge is 2.25. The highest BCUT2D eigenvalue weighted by atomic mass is 32.2. The zero-order chi connectivity index (χ0) is 11.4. The average molecular weight is 238 g/mol. The number of hydrogen-bond acceptors (Lipinski definition) is 5. The summed E-state index contributed by atoms with van der Waals surface area (Å²) >= 11 is 1.66. The first-order valence-electron chi connectivity index (χ1n) is 5.68. The van der Waals surface area contributed by atoms with Gasteiger partial charge in [-0.3, -0.25) is 0 Å². The summed E-state index contributed by atoms with van der Waals surface area (Å²) in [7, 11) is 0. The van der Waals surface area contributed by atoms with Crippen LogP contribution < -0.4 is 10.2 Å². The zero-order valence-corrected chi connectivity index (χ0v) is 10.6. The molecule has 2 heterocycles. The molecule has 1 aliphatic heterocycles. The van der Waals surface area contributed by atoms with Crippen LogP contribution in [0.25, 0.3) is 0 Å². The molecule has 4 nitrogen and oxygen atoms in total. The van der Waals surface area contributed by atoms with Gasteiger partial charge < -0.3 is 10.2 Å². The molecule has 0 spiro atoms. The molecule has 0 radical (unpaired) electrons. The maximum Gasteiger partial charge on any atom is 0.133 e. The van der Waals surface area contributed by atoms with Crippen LogP contribution in [0.15, 0.2) is 17.4 Å². The molecule has 0 saturated carbocycles. The largest absolute Gasteiger partial charge is 0.351 e. The summed E-state index contributed by atoms with van der Waals surface area (Å²) in [5.41, 5.74) is 0. The Morgan fingerprint density at radius 1 is 1.50 bits per heavy atom. The van der Waals surface area contributed by atoms with Crippen LogP contribution in [0, 0.1) is 0 Å². The number of thioether (sulfide) groups is 1. The van der Waals surface area contributed by atoms with Crippen molar-refractivity contribution in [1.29, 1.82) is 0 Å². The van der Waals surface area contributed by atoms with Crippen LogP contribution in [0.2, 0.25) is 0 Å². The van der Waals surface area contributed by atoms with Gasteiger partial charge in [0.25, 0.3) is 0 Å². The first-order chi connectivity index (χ1) is 7.85. The van der Waals surface area contributed by atoms with E-state index in [1.165, 1.54) is 0 Å². The summed E-state index contributed by atoms with van der Waals surface area (Å²) in [6, 6.07) is 2.68. The van der Waals surface area contributed by atoms with E-state index < -0.39 is 0 Å². The summed E-state index contributed by atoms with van der Waals surface area (Å²) in [6.45, 7) is 5.41. The normalized spacial score (nSPS) is 15.9. The number of rotatable bonds is 5. The van der Waals surface area contributed by atoms with Crippen LogP contribution in [0.3, 0.4) is 0 Å². The molecule has 0 amide bonds. The molecule has 0 bridgehead atoms. The Kier molecular flexibility index (Phi) is 4.01. The van der Waals surface area contributed by atoms with Crippen molar-refractivity contribution in [2.24, 2.45) is 0 Å². The summed E-state index contributed by atoms with van der Waals surface area (Å²) < 4.78 is 0. The molecule has 0 aromatic carbocycles. The maximum absolute atomic E-state index is 4.38. The molecule has 2 rings (SSSR count). The van der Waals surface area contributed by atoms with Crippen molar-refractivity contribution in [3.05, 3.63) is 12.4 Å². The molecule has 1 aromatic heterocycles. The van der Waals surface area contributed by atoms with Crippen molar-refractivity contribution in [3.8, 4) is 0 Å². The van der Waals surface area contributed by atoms with Crippen LogP contribution in [0.5, 0.6) is 0 Å². The molecule has 1 aromatic rings. The van der Waals surface area contributed by atoms with Crippen molar-refractivity contribution in [2.45, 2.75) is 24.4 Å². The fraction of sp³-hybridized carbons (Fsp3) is 0.636. The summed E-state index contributed by atoms with van der Waals surface area (Å²) in [5, 5.41) is 4.35. The van der Waals surface area contributed by atoms with Gasteiger partial charge in [-0.2, -0.15) is 0 Å². The van der Waals surface area contributed by atoms with Crippen molar-refractivity contribution < 1.29 is 0 Å². The van der Waals surface area contributed by atoms with Crippen molar-refractivity contribution in [3.63, 3.8) is 0 Å². The number of nitrogens with zero attached hydrogens (tertiary/aromatic N) is 3. The molecule has 0 atom stereocenters. The van der Waals surface area contributed by atoms with Gasteiger partial charge in [0.05, 0.1) is 6.04 Å². The Morgan fingerprint density at radius 2 is 2.31 bits per heavy atom. The number of aromatic nitrogens is 2. The zero-order valence-electron chi connectivity index (χ0n) is 9.81. The maximum atomic E-state index is 4.38. The minimum Gasteiger partial charge on any atom is -0.351 e. The van der Waals surface area contributed by atoms with E-state index in [0.717, 1.165) is 36.9 Å². The van der Waals surface area contributed by atoms with Gasteiger partial charge in [0.2, 0.25) is 0 Å². The van der Waals surface area contributed by atoms with Gasteiger partial charge in [0.15, 0.2) is 0 Å². The predicted molar refractivity (Wildman–Crippen MR) is 68.1 cm³/mol. The summed E-state index contributed by atoms with van der Waals surface area (Å²) in [6.07, 6.45) is 4.85. The topological polar surface area (TPSA) is 41.1 Å². The lowest BCUT2D eigenvalue weighted by atomic mass is 10.1. The fourth-order valence-corrected chi connectivity index (χ4v) is 2.19. The Hall–Kier alpha value is -0.810. The van der Waals surface area contributed by atoms with Gasteiger partial charge in [-0.25, -0.2) is 9.97 Å². The Labute approximate surface area is 101 Å². The fourth-order valence-electron chi connectivity index (χ4n) is 1.82. The lowest BCUT2D eigenvalue weighted by Gasteiger charge is -2.39. The third-order valence-corrected chi connectivity index (χ3v) is 3.44. The second-order valence-electron chi connectivity index (χ2n) is 3.92.